The van der Waals surface area contributed by atoms with Crippen molar-refractivity contribution in [1.82, 2.24) is 15.0 Å². The molecule has 0 radical (unpaired) electrons. The third kappa shape index (κ3) is 4.11. The lowest BCUT2D eigenvalue weighted by Gasteiger charge is -2.17. The summed E-state index contributed by atoms with van der Waals surface area (Å²) >= 11 is 3.25. The number of hydrogen-bond acceptors (Lipinski definition) is 6. The Labute approximate surface area is 170 Å². The molecule has 1 aliphatic heterocycles. The van der Waals surface area contributed by atoms with E-state index in [4.69, 9.17) is 13.7 Å². The highest BCUT2D eigenvalue weighted by Crippen LogP contribution is 2.30. The minimum atomic E-state index is -0.0908. The molecule has 0 saturated carbocycles. The Hall–Kier alpha value is -2.61. The Balaban J connectivity index is 1.41. The molecule has 1 atom stereocenters. The van der Waals surface area contributed by atoms with Gasteiger partial charge in [0.05, 0.1) is 6.10 Å². The molecule has 1 unspecified atom stereocenters. The standard InChI is InChI=1S/C20H20BrN3O4/c1-12(2)26-15-5-3-13(4-6-15)10-24-11-14(9-18(24)25)19-22-20(28-23-19)16-7-8-17(21)27-16/h3-8,12,14H,9-11H2,1-2H3. The third-order valence-electron chi connectivity index (χ3n) is 4.47. The fourth-order valence-corrected chi connectivity index (χ4v) is 3.50. The predicted molar refractivity (Wildman–Crippen MR) is 105 cm³/mol. The van der Waals surface area contributed by atoms with Crippen molar-refractivity contribution in [3.8, 4) is 17.4 Å². The highest BCUT2D eigenvalue weighted by molar-refractivity contribution is 9.10. The highest BCUT2D eigenvalue weighted by Gasteiger charge is 2.34. The zero-order valence-corrected chi connectivity index (χ0v) is 17.2. The van der Waals surface area contributed by atoms with Gasteiger partial charge in [0.1, 0.15) is 5.75 Å². The topological polar surface area (TPSA) is 81.6 Å². The SMILES string of the molecule is CC(C)Oc1ccc(CN2CC(c3noc(-c4ccc(Br)o4)n3)CC2=O)cc1. The fraction of sp³-hybridized carbons (Fsp3) is 0.350. The number of amides is 1. The molecule has 7 nitrogen and oxygen atoms in total. The van der Waals surface area contributed by atoms with Crippen molar-refractivity contribution in [3.63, 3.8) is 0 Å². The average molecular weight is 446 g/mol. The summed E-state index contributed by atoms with van der Waals surface area (Å²) in [6.45, 7) is 5.09. The van der Waals surface area contributed by atoms with Crippen molar-refractivity contribution in [2.45, 2.75) is 38.8 Å². The van der Waals surface area contributed by atoms with Gasteiger partial charge in [-0.3, -0.25) is 4.79 Å². The quantitative estimate of drug-likeness (QED) is 0.559. The van der Waals surface area contributed by atoms with E-state index in [1.807, 2.05) is 43.0 Å². The largest absolute Gasteiger partial charge is 0.491 e. The van der Waals surface area contributed by atoms with Gasteiger partial charge in [-0.15, -0.1) is 0 Å². The fourth-order valence-electron chi connectivity index (χ4n) is 3.19. The van der Waals surface area contributed by atoms with Crippen LogP contribution in [0.4, 0.5) is 0 Å². The number of hydrogen-bond donors (Lipinski definition) is 0. The second kappa shape index (κ2) is 7.79. The van der Waals surface area contributed by atoms with Gasteiger partial charge in [0.15, 0.2) is 16.3 Å². The van der Waals surface area contributed by atoms with Gasteiger partial charge in [0.2, 0.25) is 5.91 Å². The van der Waals surface area contributed by atoms with Gasteiger partial charge >= 0.3 is 0 Å². The van der Waals surface area contributed by atoms with Gasteiger partial charge < -0.3 is 18.6 Å². The number of nitrogens with zero attached hydrogens (tertiary/aromatic N) is 3. The summed E-state index contributed by atoms with van der Waals surface area (Å²) in [7, 11) is 0. The molecule has 0 N–H and O–H groups in total. The van der Waals surface area contributed by atoms with E-state index in [0.29, 0.717) is 41.7 Å². The molecule has 3 heterocycles. The van der Waals surface area contributed by atoms with Crippen LogP contribution in [0.15, 0.2) is 50.0 Å². The molecule has 0 aliphatic carbocycles. The number of aromatic nitrogens is 2. The summed E-state index contributed by atoms with van der Waals surface area (Å²) in [5.41, 5.74) is 1.05. The van der Waals surface area contributed by atoms with Gasteiger partial charge in [-0.1, -0.05) is 17.3 Å². The monoisotopic (exact) mass is 445 g/mol. The lowest BCUT2D eigenvalue weighted by atomic mass is 10.1. The van der Waals surface area contributed by atoms with Gasteiger partial charge in [-0.25, -0.2) is 0 Å². The van der Waals surface area contributed by atoms with Crippen molar-refractivity contribution in [2.75, 3.05) is 6.54 Å². The molecular weight excluding hydrogens is 426 g/mol. The molecule has 1 aromatic carbocycles. The maximum Gasteiger partial charge on any atom is 0.293 e. The smallest absolute Gasteiger partial charge is 0.293 e. The number of benzene rings is 1. The van der Waals surface area contributed by atoms with Gasteiger partial charge in [0.25, 0.3) is 5.89 Å². The Bertz CT molecular complexity index is 964. The number of carbonyl (C=O) groups is 1. The minimum absolute atomic E-state index is 0.0830. The molecule has 1 fully saturated rings. The molecular formula is C20H20BrN3O4. The van der Waals surface area contributed by atoms with E-state index in [-0.39, 0.29) is 17.9 Å². The maximum absolute atomic E-state index is 12.4. The number of ether oxygens (including phenoxy) is 1. The second-order valence-electron chi connectivity index (χ2n) is 7.05. The molecule has 1 saturated heterocycles. The van der Waals surface area contributed by atoms with Crippen LogP contribution in [0.2, 0.25) is 0 Å². The first-order valence-corrected chi connectivity index (χ1v) is 9.90. The Kier molecular flexibility index (Phi) is 5.21. The molecule has 28 heavy (non-hydrogen) atoms. The van der Waals surface area contributed by atoms with E-state index in [9.17, 15) is 4.79 Å². The van der Waals surface area contributed by atoms with Crippen molar-refractivity contribution in [2.24, 2.45) is 0 Å². The van der Waals surface area contributed by atoms with Gasteiger partial charge in [-0.2, -0.15) is 4.98 Å². The predicted octanol–water partition coefficient (Wildman–Crippen LogP) is 4.40. The van der Waals surface area contributed by atoms with Crippen LogP contribution in [0.3, 0.4) is 0 Å². The molecule has 146 valence electrons. The van der Waals surface area contributed by atoms with Crippen molar-refractivity contribution < 1.29 is 18.5 Å². The van der Waals surface area contributed by atoms with E-state index in [1.165, 1.54) is 0 Å². The Morgan fingerprint density at radius 2 is 2.04 bits per heavy atom. The number of halogens is 1. The highest BCUT2D eigenvalue weighted by atomic mass is 79.9. The summed E-state index contributed by atoms with van der Waals surface area (Å²) in [6, 6.07) is 11.3. The summed E-state index contributed by atoms with van der Waals surface area (Å²) < 4.78 is 17.0. The second-order valence-corrected chi connectivity index (χ2v) is 7.83. The molecule has 0 bridgehead atoms. The molecule has 1 aliphatic rings. The van der Waals surface area contributed by atoms with Crippen LogP contribution in [0.1, 0.15) is 37.6 Å². The van der Waals surface area contributed by atoms with Crippen LogP contribution < -0.4 is 4.74 Å². The summed E-state index contributed by atoms with van der Waals surface area (Å²) in [4.78, 5) is 18.7. The van der Waals surface area contributed by atoms with Crippen molar-refractivity contribution >= 4 is 21.8 Å². The first-order chi connectivity index (χ1) is 13.5. The zero-order chi connectivity index (χ0) is 19.7. The van der Waals surface area contributed by atoms with Crippen LogP contribution in [-0.4, -0.2) is 33.6 Å². The van der Waals surface area contributed by atoms with Crippen LogP contribution in [0.25, 0.3) is 11.7 Å². The minimum Gasteiger partial charge on any atom is -0.491 e. The Morgan fingerprint density at radius 3 is 2.71 bits per heavy atom. The lowest BCUT2D eigenvalue weighted by molar-refractivity contribution is -0.128. The van der Waals surface area contributed by atoms with Crippen molar-refractivity contribution in [1.29, 1.82) is 0 Å². The van der Waals surface area contributed by atoms with Gasteiger partial charge in [-0.05, 0) is 59.6 Å². The van der Waals surface area contributed by atoms with E-state index in [2.05, 4.69) is 26.1 Å². The molecule has 0 spiro atoms. The number of likely N-dealkylation sites (tertiary alicyclic amines) is 1. The molecule has 4 rings (SSSR count). The van der Waals surface area contributed by atoms with Crippen LogP contribution >= 0.6 is 15.9 Å². The van der Waals surface area contributed by atoms with E-state index >= 15 is 0 Å². The number of carbonyl (C=O) groups excluding carboxylic acids is 1. The van der Waals surface area contributed by atoms with E-state index in [0.717, 1.165) is 11.3 Å². The van der Waals surface area contributed by atoms with Crippen LogP contribution in [-0.2, 0) is 11.3 Å². The first-order valence-electron chi connectivity index (χ1n) is 9.10. The number of rotatable bonds is 6. The third-order valence-corrected chi connectivity index (χ3v) is 4.90. The summed E-state index contributed by atoms with van der Waals surface area (Å²) in [6.07, 6.45) is 0.504. The molecule has 8 heteroatoms. The zero-order valence-electron chi connectivity index (χ0n) is 15.6. The van der Waals surface area contributed by atoms with Crippen LogP contribution in [0, 0.1) is 0 Å². The van der Waals surface area contributed by atoms with E-state index in [1.54, 1.807) is 12.1 Å². The summed E-state index contributed by atoms with van der Waals surface area (Å²) in [5.74, 6) is 2.15. The average Bonchev–Trinajstić information content (AvgIpc) is 3.37. The maximum atomic E-state index is 12.4. The Morgan fingerprint density at radius 1 is 1.25 bits per heavy atom. The molecule has 3 aromatic rings. The lowest BCUT2D eigenvalue weighted by Crippen LogP contribution is -2.24. The number of furan rings is 1. The van der Waals surface area contributed by atoms with Crippen LogP contribution in [0.5, 0.6) is 5.75 Å². The summed E-state index contributed by atoms with van der Waals surface area (Å²) in [5, 5.41) is 4.04. The molecule has 1 amide bonds. The van der Waals surface area contributed by atoms with E-state index < -0.39 is 0 Å². The first kappa shape index (κ1) is 18.7. The van der Waals surface area contributed by atoms with Crippen molar-refractivity contribution in [3.05, 3.63) is 52.5 Å². The van der Waals surface area contributed by atoms with Gasteiger partial charge in [0, 0.05) is 25.4 Å². The normalized spacial score (nSPS) is 16.9. The molecule has 2 aromatic heterocycles.